The molecular weight excluding hydrogens is 242 g/mol. The zero-order valence-corrected chi connectivity index (χ0v) is 10.2. The van der Waals surface area contributed by atoms with Crippen LogP contribution in [0.25, 0.3) is 0 Å². The van der Waals surface area contributed by atoms with E-state index in [0.29, 0.717) is 35.9 Å². The second-order valence-electron chi connectivity index (χ2n) is 3.61. The van der Waals surface area contributed by atoms with E-state index in [2.05, 4.69) is 10.3 Å². The average molecular weight is 255 g/mol. The molecule has 2 heterocycles. The first-order chi connectivity index (χ1) is 8.19. The van der Waals surface area contributed by atoms with Gasteiger partial charge < -0.3 is 10.1 Å². The fraction of sp³-hybridized carbons (Fsp3) is 0.500. The van der Waals surface area contributed by atoms with E-state index < -0.39 is 4.92 Å². The fourth-order valence-corrected chi connectivity index (χ4v) is 2.39. The predicted octanol–water partition coefficient (Wildman–Crippen LogP) is 1.91. The van der Waals surface area contributed by atoms with Crippen LogP contribution in [0.3, 0.4) is 0 Å². The Morgan fingerprint density at radius 3 is 2.94 bits per heavy atom. The minimum absolute atomic E-state index is 0.0682. The fourth-order valence-electron chi connectivity index (χ4n) is 1.38. The Kier molecular flexibility index (Phi) is 3.80. The van der Waals surface area contributed by atoms with E-state index in [-0.39, 0.29) is 5.69 Å². The predicted molar refractivity (Wildman–Crippen MR) is 65.5 cm³/mol. The average Bonchev–Trinajstić information content (AvgIpc) is 2.24. The van der Waals surface area contributed by atoms with Gasteiger partial charge in [-0.3, -0.25) is 10.1 Å². The summed E-state index contributed by atoms with van der Waals surface area (Å²) < 4.78 is 5.06. The van der Waals surface area contributed by atoms with Crippen LogP contribution >= 0.6 is 11.8 Å². The van der Waals surface area contributed by atoms with Crippen LogP contribution in [0.4, 0.5) is 11.5 Å². The number of thioether (sulfide) groups is 1. The first-order valence-electron chi connectivity index (χ1n) is 5.34. The van der Waals surface area contributed by atoms with Crippen LogP contribution in [0.2, 0.25) is 0 Å². The molecule has 1 fully saturated rings. The Hall–Kier alpha value is -1.34. The highest BCUT2D eigenvalue weighted by atomic mass is 32.2. The summed E-state index contributed by atoms with van der Waals surface area (Å²) in [6.07, 6.45) is 0. The molecular formula is C10H13N3O3S. The normalized spacial score (nSPS) is 15.4. The zero-order valence-electron chi connectivity index (χ0n) is 9.38. The second kappa shape index (κ2) is 5.33. The Bertz CT molecular complexity index is 423. The molecule has 17 heavy (non-hydrogen) atoms. The molecule has 6 nitrogen and oxygen atoms in total. The van der Waals surface area contributed by atoms with Gasteiger partial charge in [0.05, 0.1) is 29.5 Å². The summed E-state index contributed by atoms with van der Waals surface area (Å²) in [7, 11) is 0. The number of anilines is 1. The van der Waals surface area contributed by atoms with Crippen LogP contribution in [0.5, 0.6) is 0 Å². The molecule has 1 aliphatic rings. The zero-order chi connectivity index (χ0) is 12.3. The van der Waals surface area contributed by atoms with E-state index in [4.69, 9.17) is 4.74 Å². The molecule has 0 aromatic carbocycles. The van der Waals surface area contributed by atoms with Gasteiger partial charge >= 0.3 is 0 Å². The van der Waals surface area contributed by atoms with Crippen molar-refractivity contribution in [2.75, 3.05) is 25.1 Å². The Balaban J connectivity index is 2.19. The van der Waals surface area contributed by atoms with Gasteiger partial charge in [-0.05, 0) is 6.92 Å². The molecule has 1 saturated heterocycles. The summed E-state index contributed by atoms with van der Waals surface area (Å²) >= 11 is 1.52. The van der Waals surface area contributed by atoms with Crippen molar-refractivity contribution in [2.24, 2.45) is 0 Å². The van der Waals surface area contributed by atoms with Gasteiger partial charge in [-0.2, -0.15) is 0 Å². The van der Waals surface area contributed by atoms with Crippen molar-refractivity contribution in [3.63, 3.8) is 0 Å². The molecule has 1 aromatic rings. The van der Waals surface area contributed by atoms with Gasteiger partial charge in [0.15, 0.2) is 0 Å². The Labute approximate surface area is 103 Å². The maximum atomic E-state index is 10.8. The lowest BCUT2D eigenvalue weighted by molar-refractivity contribution is -0.385. The smallest absolute Gasteiger partial charge is 0.275 e. The van der Waals surface area contributed by atoms with E-state index in [0.717, 1.165) is 0 Å². The summed E-state index contributed by atoms with van der Waals surface area (Å²) in [6, 6.07) is 2.95. The third kappa shape index (κ3) is 3.07. The monoisotopic (exact) mass is 255 g/mol. The second-order valence-corrected chi connectivity index (χ2v) is 4.93. The van der Waals surface area contributed by atoms with Gasteiger partial charge in [-0.25, -0.2) is 4.98 Å². The van der Waals surface area contributed by atoms with Crippen LogP contribution in [-0.2, 0) is 4.74 Å². The number of nitrogens with one attached hydrogen (secondary N) is 1. The van der Waals surface area contributed by atoms with Crippen LogP contribution in [0, 0.1) is 10.1 Å². The number of rotatable bonds is 5. The van der Waals surface area contributed by atoms with Crippen molar-refractivity contribution in [3.8, 4) is 0 Å². The quantitative estimate of drug-likeness (QED) is 0.639. The highest BCUT2D eigenvalue weighted by molar-refractivity contribution is 8.00. The number of aromatic nitrogens is 1. The maximum absolute atomic E-state index is 10.8. The van der Waals surface area contributed by atoms with E-state index in [1.807, 2.05) is 6.92 Å². The van der Waals surface area contributed by atoms with E-state index in [1.54, 1.807) is 0 Å². The number of pyridine rings is 1. The van der Waals surface area contributed by atoms with E-state index >= 15 is 0 Å². The third-order valence-corrected chi connectivity index (χ3v) is 3.31. The highest BCUT2D eigenvalue weighted by Crippen LogP contribution is 2.30. The van der Waals surface area contributed by atoms with Crippen LogP contribution in [0.1, 0.15) is 6.92 Å². The van der Waals surface area contributed by atoms with Gasteiger partial charge in [0.25, 0.3) is 5.69 Å². The first kappa shape index (κ1) is 12.1. The Morgan fingerprint density at radius 2 is 2.41 bits per heavy atom. The molecule has 0 spiro atoms. The standard InChI is InChI=1S/C10H13N3O3S/c1-2-11-9-3-7(13(14)15)4-10(12-9)17-8-5-16-6-8/h3-4,8H,2,5-6H2,1H3,(H,11,12). The maximum Gasteiger partial charge on any atom is 0.275 e. The van der Waals surface area contributed by atoms with Crippen molar-refractivity contribution in [3.05, 3.63) is 22.2 Å². The van der Waals surface area contributed by atoms with E-state index in [1.165, 1.54) is 23.9 Å². The van der Waals surface area contributed by atoms with Gasteiger partial charge in [0.2, 0.25) is 0 Å². The minimum atomic E-state index is -0.399. The van der Waals surface area contributed by atoms with Gasteiger partial charge in [-0.15, -0.1) is 0 Å². The largest absolute Gasteiger partial charge is 0.379 e. The van der Waals surface area contributed by atoms with Crippen molar-refractivity contribution in [2.45, 2.75) is 17.2 Å². The number of hydrogen-bond donors (Lipinski definition) is 1. The summed E-state index contributed by atoms with van der Waals surface area (Å²) in [4.78, 5) is 14.7. The lowest BCUT2D eigenvalue weighted by Gasteiger charge is -2.24. The molecule has 92 valence electrons. The SMILES string of the molecule is CCNc1cc([N+](=O)[O-])cc(SC2COC2)n1. The number of nitrogens with zero attached hydrogens (tertiary/aromatic N) is 2. The minimum Gasteiger partial charge on any atom is -0.379 e. The molecule has 0 unspecified atom stereocenters. The molecule has 7 heteroatoms. The summed E-state index contributed by atoms with van der Waals surface area (Å²) in [5.41, 5.74) is 0.0682. The summed E-state index contributed by atoms with van der Waals surface area (Å²) in [6.45, 7) is 3.98. The van der Waals surface area contributed by atoms with Crippen molar-refractivity contribution < 1.29 is 9.66 Å². The van der Waals surface area contributed by atoms with Gasteiger partial charge in [0.1, 0.15) is 10.8 Å². The molecule has 1 aromatic heterocycles. The topological polar surface area (TPSA) is 77.3 Å². The molecule has 0 aliphatic carbocycles. The van der Waals surface area contributed by atoms with Gasteiger partial charge in [-0.1, -0.05) is 11.8 Å². The Morgan fingerprint density at radius 1 is 1.65 bits per heavy atom. The summed E-state index contributed by atoms with van der Waals surface area (Å²) in [5.74, 6) is 0.546. The molecule has 0 amide bonds. The molecule has 1 N–H and O–H groups in total. The molecule has 0 saturated carbocycles. The van der Waals surface area contributed by atoms with Crippen molar-refractivity contribution >= 4 is 23.3 Å². The van der Waals surface area contributed by atoms with Crippen LogP contribution in [0.15, 0.2) is 17.2 Å². The molecule has 1 aliphatic heterocycles. The lowest BCUT2D eigenvalue weighted by atomic mass is 10.4. The van der Waals surface area contributed by atoms with Crippen molar-refractivity contribution in [1.82, 2.24) is 4.98 Å². The number of nitro groups is 1. The molecule has 0 atom stereocenters. The lowest BCUT2D eigenvalue weighted by Crippen LogP contribution is -2.30. The van der Waals surface area contributed by atoms with Gasteiger partial charge in [0, 0.05) is 12.6 Å². The molecule has 2 rings (SSSR count). The molecule has 0 bridgehead atoms. The summed E-state index contributed by atoms with van der Waals surface area (Å²) in [5, 5.41) is 14.8. The van der Waals surface area contributed by atoms with Crippen molar-refractivity contribution in [1.29, 1.82) is 0 Å². The highest BCUT2D eigenvalue weighted by Gasteiger charge is 2.22. The first-order valence-corrected chi connectivity index (χ1v) is 6.21. The van der Waals surface area contributed by atoms with Crippen LogP contribution in [-0.4, -0.2) is 34.9 Å². The van der Waals surface area contributed by atoms with E-state index in [9.17, 15) is 10.1 Å². The van der Waals surface area contributed by atoms with Crippen LogP contribution < -0.4 is 5.32 Å². The number of ether oxygens (including phenoxy) is 1. The number of hydrogen-bond acceptors (Lipinski definition) is 6. The third-order valence-electron chi connectivity index (χ3n) is 2.25. The molecule has 0 radical (unpaired) electrons.